The van der Waals surface area contributed by atoms with E-state index >= 15 is 0 Å². The van der Waals surface area contributed by atoms with Gasteiger partial charge in [-0.3, -0.25) is 9.59 Å². The minimum absolute atomic E-state index is 0.0534. The minimum Gasteiger partial charge on any atom is -0.497 e. The predicted molar refractivity (Wildman–Crippen MR) is 117 cm³/mol. The van der Waals surface area contributed by atoms with Gasteiger partial charge in [0, 0.05) is 17.3 Å². The number of aromatic amines is 1. The van der Waals surface area contributed by atoms with Gasteiger partial charge in [-0.1, -0.05) is 43.2 Å². The number of aromatic nitrogens is 2. The van der Waals surface area contributed by atoms with Crippen molar-refractivity contribution in [3.63, 3.8) is 0 Å². The molecule has 1 saturated carbocycles. The Kier molecular flexibility index (Phi) is 5.57. The zero-order valence-electron chi connectivity index (χ0n) is 17.4. The van der Waals surface area contributed by atoms with Gasteiger partial charge in [0.1, 0.15) is 5.75 Å². The minimum atomic E-state index is -0.471. The van der Waals surface area contributed by atoms with Crippen LogP contribution >= 0.6 is 0 Å². The highest BCUT2D eigenvalue weighted by molar-refractivity contribution is 5.91. The molecule has 1 atom stereocenters. The van der Waals surface area contributed by atoms with Crippen LogP contribution in [-0.2, 0) is 10.2 Å². The number of H-pyrrole nitrogens is 1. The first-order chi connectivity index (χ1) is 14.5. The van der Waals surface area contributed by atoms with Gasteiger partial charge in [-0.25, -0.2) is 5.10 Å². The monoisotopic (exact) mass is 405 g/mol. The van der Waals surface area contributed by atoms with E-state index in [-0.39, 0.29) is 16.9 Å². The maximum Gasteiger partial charge on any atom is 0.272 e. The first-order valence-corrected chi connectivity index (χ1v) is 10.4. The third kappa shape index (κ3) is 3.70. The van der Waals surface area contributed by atoms with Crippen LogP contribution in [0, 0.1) is 0 Å². The number of hydrogen-bond donors (Lipinski definition) is 2. The van der Waals surface area contributed by atoms with Gasteiger partial charge in [0.05, 0.1) is 24.1 Å². The number of nitrogens with one attached hydrogen (secondary N) is 2. The van der Waals surface area contributed by atoms with Crippen LogP contribution in [0.15, 0.2) is 53.3 Å². The highest BCUT2D eigenvalue weighted by Gasteiger charge is 2.36. The maximum atomic E-state index is 13.0. The Morgan fingerprint density at radius 2 is 1.80 bits per heavy atom. The summed E-state index contributed by atoms with van der Waals surface area (Å²) in [6.45, 7) is 2.42. The molecule has 3 aromatic rings. The van der Waals surface area contributed by atoms with E-state index in [2.05, 4.69) is 27.6 Å². The van der Waals surface area contributed by atoms with Crippen LogP contribution in [0.1, 0.15) is 49.8 Å². The number of carbonyl (C=O) groups excluding carboxylic acids is 1. The smallest absolute Gasteiger partial charge is 0.272 e. The van der Waals surface area contributed by atoms with E-state index in [0.717, 1.165) is 36.8 Å². The number of hydrogen-bond acceptors (Lipinski definition) is 4. The second-order valence-corrected chi connectivity index (χ2v) is 8.14. The van der Waals surface area contributed by atoms with E-state index in [0.29, 0.717) is 17.6 Å². The van der Waals surface area contributed by atoms with Gasteiger partial charge in [-0.05, 0) is 43.5 Å². The highest BCUT2D eigenvalue weighted by atomic mass is 16.5. The molecule has 1 unspecified atom stereocenters. The molecule has 1 aliphatic carbocycles. The number of amides is 1. The van der Waals surface area contributed by atoms with Crippen LogP contribution in [-0.4, -0.2) is 29.8 Å². The van der Waals surface area contributed by atoms with E-state index < -0.39 is 5.92 Å². The molecule has 1 aromatic heterocycles. The molecular weight excluding hydrogens is 378 g/mol. The molecule has 1 fully saturated rings. The molecule has 6 heteroatoms. The summed E-state index contributed by atoms with van der Waals surface area (Å²) in [5, 5.41) is 11.1. The lowest BCUT2D eigenvalue weighted by atomic mass is 9.78. The average molecular weight is 405 g/mol. The molecule has 2 aromatic carbocycles. The Labute approximate surface area is 175 Å². The van der Waals surface area contributed by atoms with Crippen LogP contribution < -0.4 is 15.6 Å². The zero-order valence-corrected chi connectivity index (χ0v) is 17.4. The van der Waals surface area contributed by atoms with Gasteiger partial charge in [-0.15, -0.1) is 0 Å². The molecule has 1 heterocycles. The number of rotatable bonds is 6. The van der Waals surface area contributed by atoms with Crippen molar-refractivity contribution >= 4 is 16.7 Å². The Balaban J connectivity index is 1.54. The van der Waals surface area contributed by atoms with Crippen LogP contribution in [0.3, 0.4) is 0 Å². The molecule has 30 heavy (non-hydrogen) atoms. The van der Waals surface area contributed by atoms with Crippen molar-refractivity contribution in [1.29, 1.82) is 0 Å². The lowest BCUT2D eigenvalue weighted by Crippen LogP contribution is -2.40. The lowest BCUT2D eigenvalue weighted by molar-refractivity contribution is -0.122. The summed E-state index contributed by atoms with van der Waals surface area (Å²) in [5.74, 6) is 0.279. The Morgan fingerprint density at radius 3 is 2.47 bits per heavy atom. The quantitative estimate of drug-likeness (QED) is 0.655. The van der Waals surface area contributed by atoms with Crippen molar-refractivity contribution in [2.75, 3.05) is 13.7 Å². The highest BCUT2D eigenvalue weighted by Crippen LogP contribution is 2.41. The molecule has 1 aliphatic rings. The summed E-state index contributed by atoms with van der Waals surface area (Å²) >= 11 is 0. The van der Waals surface area contributed by atoms with E-state index in [1.807, 2.05) is 37.3 Å². The fourth-order valence-corrected chi connectivity index (χ4v) is 4.56. The third-order valence-corrected chi connectivity index (χ3v) is 6.39. The SMILES string of the molecule is COc1ccc(C2(CNC(=O)C(C)c3n[nH]c(=O)c4ccccc34)CCCC2)cc1. The molecule has 0 bridgehead atoms. The van der Waals surface area contributed by atoms with Crippen LogP contribution in [0.25, 0.3) is 10.8 Å². The lowest BCUT2D eigenvalue weighted by Gasteiger charge is -2.30. The molecule has 156 valence electrons. The number of ether oxygens (including phenoxy) is 1. The molecular formula is C24H27N3O3. The van der Waals surface area contributed by atoms with Crippen molar-refractivity contribution in [1.82, 2.24) is 15.5 Å². The Morgan fingerprint density at radius 1 is 1.13 bits per heavy atom. The largest absolute Gasteiger partial charge is 0.497 e. The number of methoxy groups -OCH3 is 1. The third-order valence-electron chi connectivity index (χ3n) is 6.39. The summed E-state index contributed by atoms with van der Waals surface area (Å²) in [4.78, 5) is 25.1. The van der Waals surface area contributed by atoms with Crippen molar-refractivity contribution in [2.24, 2.45) is 0 Å². The van der Waals surface area contributed by atoms with E-state index in [9.17, 15) is 9.59 Å². The Hall–Kier alpha value is -3.15. The molecule has 2 N–H and O–H groups in total. The number of benzene rings is 2. The second-order valence-electron chi connectivity index (χ2n) is 8.14. The maximum absolute atomic E-state index is 13.0. The van der Waals surface area contributed by atoms with Gasteiger partial charge in [0.25, 0.3) is 5.56 Å². The molecule has 0 radical (unpaired) electrons. The number of nitrogens with zero attached hydrogens (tertiary/aromatic N) is 1. The summed E-state index contributed by atoms with van der Waals surface area (Å²) in [6, 6.07) is 15.4. The zero-order chi connectivity index (χ0) is 21.1. The van der Waals surface area contributed by atoms with E-state index in [1.165, 1.54) is 5.56 Å². The van der Waals surface area contributed by atoms with Crippen molar-refractivity contribution in [2.45, 2.75) is 43.9 Å². The summed E-state index contributed by atoms with van der Waals surface area (Å²) < 4.78 is 5.29. The van der Waals surface area contributed by atoms with Crippen LogP contribution in [0.5, 0.6) is 5.75 Å². The predicted octanol–water partition coefficient (Wildman–Crippen LogP) is 3.66. The molecule has 0 spiro atoms. The molecule has 6 nitrogen and oxygen atoms in total. The average Bonchev–Trinajstić information content (AvgIpc) is 3.28. The van der Waals surface area contributed by atoms with Gasteiger partial charge < -0.3 is 10.1 Å². The van der Waals surface area contributed by atoms with Gasteiger partial charge in [-0.2, -0.15) is 5.10 Å². The van der Waals surface area contributed by atoms with E-state index in [1.54, 1.807) is 13.2 Å². The number of fused-ring (bicyclic) bond motifs is 1. The van der Waals surface area contributed by atoms with Gasteiger partial charge in [0.2, 0.25) is 5.91 Å². The van der Waals surface area contributed by atoms with E-state index in [4.69, 9.17) is 4.74 Å². The molecule has 0 saturated heterocycles. The molecule has 0 aliphatic heterocycles. The Bertz CT molecular complexity index is 1100. The summed E-state index contributed by atoms with van der Waals surface area (Å²) in [7, 11) is 1.66. The second kappa shape index (κ2) is 8.30. The normalized spacial score (nSPS) is 16.3. The first-order valence-electron chi connectivity index (χ1n) is 10.4. The van der Waals surface area contributed by atoms with Gasteiger partial charge >= 0.3 is 0 Å². The summed E-state index contributed by atoms with van der Waals surface area (Å²) in [6.07, 6.45) is 4.41. The molecule has 4 rings (SSSR count). The van der Waals surface area contributed by atoms with Crippen LogP contribution in [0.2, 0.25) is 0 Å². The van der Waals surface area contributed by atoms with Crippen molar-refractivity contribution in [3.8, 4) is 5.75 Å². The van der Waals surface area contributed by atoms with Crippen molar-refractivity contribution < 1.29 is 9.53 Å². The fraction of sp³-hybridized carbons (Fsp3) is 0.375. The first kappa shape index (κ1) is 20.1. The molecule has 1 amide bonds. The fourth-order valence-electron chi connectivity index (χ4n) is 4.56. The van der Waals surface area contributed by atoms with Crippen molar-refractivity contribution in [3.05, 3.63) is 70.1 Å². The van der Waals surface area contributed by atoms with Crippen LogP contribution in [0.4, 0.5) is 0 Å². The topological polar surface area (TPSA) is 84.1 Å². The standard InChI is InChI=1S/C24H27N3O3/c1-16(21-19-7-3-4-8-20(19)23(29)27-26-21)22(28)25-15-24(13-5-6-14-24)17-9-11-18(30-2)12-10-17/h3-4,7-12,16H,5-6,13-15H2,1-2H3,(H,25,28)(H,27,29). The number of carbonyl (C=O) groups is 1. The summed E-state index contributed by atoms with van der Waals surface area (Å²) in [5.41, 5.74) is 1.53. The van der Waals surface area contributed by atoms with Gasteiger partial charge in [0.15, 0.2) is 0 Å².